The predicted octanol–water partition coefficient (Wildman–Crippen LogP) is 4.43. The smallest absolute Gasteiger partial charge is 0.328 e. The average molecular weight is 473 g/mol. The molecule has 4 rings (SSSR count). The Morgan fingerprint density at radius 3 is 2.00 bits per heavy atom. The summed E-state index contributed by atoms with van der Waals surface area (Å²) in [5.74, 6) is -0.971. The van der Waals surface area contributed by atoms with Crippen LogP contribution in [-0.2, 0) is 16.0 Å². The van der Waals surface area contributed by atoms with Crippen LogP contribution in [0.3, 0.4) is 0 Å². The highest BCUT2D eigenvalue weighted by molar-refractivity contribution is 6.09. The summed E-state index contributed by atoms with van der Waals surface area (Å²) in [4.78, 5) is 39.5. The summed E-state index contributed by atoms with van der Waals surface area (Å²) in [6.07, 6.45) is 0.807. The Morgan fingerprint density at radius 1 is 0.971 bits per heavy atom. The van der Waals surface area contributed by atoms with E-state index in [9.17, 15) is 19.5 Å². The summed E-state index contributed by atoms with van der Waals surface area (Å²) < 4.78 is 5.17. The Labute approximate surface area is 204 Å². The third-order valence-corrected chi connectivity index (χ3v) is 6.65. The van der Waals surface area contributed by atoms with E-state index in [2.05, 4.69) is 5.32 Å². The average Bonchev–Trinajstić information content (AvgIpc) is 2.89. The van der Waals surface area contributed by atoms with Gasteiger partial charge in [-0.05, 0) is 48.6 Å². The number of hydrogen-bond donors (Lipinski definition) is 2. The molecule has 35 heavy (non-hydrogen) atoms. The number of benzene rings is 3. The minimum atomic E-state index is -1.25. The van der Waals surface area contributed by atoms with E-state index >= 15 is 0 Å². The van der Waals surface area contributed by atoms with E-state index in [1.54, 1.807) is 14.0 Å². The Hall–Kier alpha value is -4.13. The number of ether oxygens (including phenoxy) is 1. The quantitative estimate of drug-likeness (QED) is 0.473. The maximum Gasteiger partial charge on any atom is 0.328 e. The van der Waals surface area contributed by atoms with Gasteiger partial charge in [0.15, 0.2) is 6.04 Å². The number of β-lactam (4-membered cyclic amide) rings is 1. The van der Waals surface area contributed by atoms with Crippen molar-refractivity contribution in [2.75, 3.05) is 7.11 Å². The maximum atomic E-state index is 13.3. The van der Waals surface area contributed by atoms with Crippen LogP contribution >= 0.6 is 0 Å². The molecule has 7 heteroatoms. The van der Waals surface area contributed by atoms with E-state index in [-0.39, 0.29) is 0 Å². The molecule has 7 nitrogen and oxygen atoms in total. The number of urea groups is 1. The molecule has 1 heterocycles. The fourth-order valence-electron chi connectivity index (χ4n) is 4.60. The van der Waals surface area contributed by atoms with Crippen molar-refractivity contribution >= 4 is 17.9 Å². The highest BCUT2D eigenvalue weighted by Crippen LogP contribution is 2.43. The van der Waals surface area contributed by atoms with Gasteiger partial charge in [0.1, 0.15) is 5.75 Å². The normalized spacial score (nSPS) is 19.2. The van der Waals surface area contributed by atoms with Crippen LogP contribution in [0.5, 0.6) is 5.75 Å². The van der Waals surface area contributed by atoms with Crippen molar-refractivity contribution in [3.8, 4) is 5.75 Å². The molecule has 3 aromatic rings. The van der Waals surface area contributed by atoms with E-state index in [1.807, 2.05) is 84.9 Å². The summed E-state index contributed by atoms with van der Waals surface area (Å²) in [5.41, 5.74) is 1.43. The van der Waals surface area contributed by atoms with Gasteiger partial charge in [0.25, 0.3) is 0 Å². The minimum Gasteiger partial charge on any atom is -0.497 e. The first-order valence-corrected chi connectivity index (χ1v) is 11.4. The molecule has 1 aliphatic rings. The molecule has 0 unspecified atom stereocenters. The van der Waals surface area contributed by atoms with E-state index < -0.39 is 35.4 Å². The summed E-state index contributed by atoms with van der Waals surface area (Å²) in [5, 5.41) is 12.8. The van der Waals surface area contributed by atoms with Gasteiger partial charge in [0.2, 0.25) is 5.91 Å². The lowest BCUT2D eigenvalue weighted by Crippen LogP contribution is -2.73. The molecule has 2 N–H and O–H groups in total. The van der Waals surface area contributed by atoms with Crippen molar-refractivity contribution in [1.82, 2.24) is 10.2 Å². The van der Waals surface area contributed by atoms with Gasteiger partial charge in [-0.1, -0.05) is 72.8 Å². The second-order valence-electron chi connectivity index (χ2n) is 8.89. The van der Waals surface area contributed by atoms with Gasteiger partial charge in [0, 0.05) is 0 Å². The molecule has 0 bridgehead atoms. The summed E-state index contributed by atoms with van der Waals surface area (Å²) in [6, 6.07) is 23.6. The molecule has 1 fully saturated rings. The van der Waals surface area contributed by atoms with Crippen molar-refractivity contribution in [3.63, 3.8) is 0 Å². The molecule has 1 saturated heterocycles. The number of likely N-dealkylation sites (tertiary alicyclic amines) is 1. The number of carbonyl (C=O) groups is 3. The first kappa shape index (κ1) is 24.0. The number of aliphatic carboxylic acids is 1. The molecular weight excluding hydrogens is 444 g/mol. The van der Waals surface area contributed by atoms with Gasteiger partial charge in [-0.15, -0.1) is 0 Å². The number of rotatable bonds is 8. The number of methoxy groups -OCH3 is 1. The maximum absolute atomic E-state index is 13.3. The number of nitrogens with one attached hydrogen (secondary N) is 1. The Bertz CT molecular complexity index is 1160. The monoisotopic (exact) mass is 472 g/mol. The molecule has 180 valence electrons. The van der Waals surface area contributed by atoms with E-state index in [4.69, 9.17) is 4.74 Å². The third-order valence-electron chi connectivity index (χ3n) is 6.65. The fourth-order valence-corrected chi connectivity index (χ4v) is 4.60. The van der Waals surface area contributed by atoms with Crippen LogP contribution in [0.2, 0.25) is 0 Å². The predicted molar refractivity (Wildman–Crippen MR) is 131 cm³/mol. The van der Waals surface area contributed by atoms with E-state index in [1.165, 1.54) is 0 Å². The first-order valence-electron chi connectivity index (χ1n) is 11.4. The van der Waals surface area contributed by atoms with Crippen LogP contribution < -0.4 is 10.1 Å². The molecule has 2 atom stereocenters. The van der Waals surface area contributed by atoms with Gasteiger partial charge in [-0.25, -0.2) is 14.5 Å². The van der Waals surface area contributed by atoms with Gasteiger partial charge >= 0.3 is 12.0 Å². The molecule has 0 aliphatic carbocycles. The highest BCUT2D eigenvalue weighted by atomic mass is 16.5. The van der Waals surface area contributed by atoms with Crippen LogP contribution in [0.15, 0.2) is 84.9 Å². The van der Waals surface area contributed by atoms with Crippen molar-refractivity contribution in [2.45, 2.75) is 31.8 Å². The number of aryl methyl sites for hydroxylation is 1. The number of imide groups is 1. The number of amides is 3. The Balaban J connectivity index is 1.52. The van der Waals surface area contributed by atoms with Crippen molar-refractivity contribution in [1.29, 1.82) is 0 Å². The van der Waals surface area contributed by atoms with Gasteiger partial charge in [-0.3, -0.25) is 4.79 Å². The molecule has 0 radical (unpaired) electrons. The lowest BCUT2D eigenvalue weighted by Gasteiger charge is -2.51. The molecule has 0 aromatic heterocycles. The fraction of sp³-hybridized carbons (Fsp3) is 0.250. The SMILES string of the molecule is COc1ccc(CC[C@@]2(C)C(=O)N(C(=O)NC(c3ccccc3)c3ccccc3)[C@@H]2C(=O)O)cc1. The number of carbonyl (C=O) groups excluding carboxylic acids is 2. The Kier molecular flexibility index (Phi) is 6.87. The zero-order valence-corrected chi connectivity index (χ0v) is 19.7. The first-order chi connectivity index (χ1) is 16.8. The molecule has 3 aromatic carbocycles. The molecular formula is C28H28N2O5. The van der Waals surface area contributed by atoms with Crippen molar-refractivity contribution in [3.05, 3.63) is 102 Å². The van der Waals surface area contributed by atoms with Crippen LogP contribution in [0.25, 0.3) is 0 Å². The second kappa shape index (κ2) is 10.0. The van der Waals surface area contributed by atoms with Crippen LogP contribution in [-0.4, -0.2) is 41.1 Å². The largest absolute Gasteiger partial charge is 0.497 e. The highest BCUT2D eigenvalue weighted by Gasteiger charge is 2.63. The number of hydrogen-bond acceptors (Lipinski definition) is 4. The second-order valence-corrected chi connectivity index (χ2v) is 8.89. The van der Waals surface area contributed by atoms with Gasteiger partial charge < -0.3 is 15.2 Å². The van der Waals surface area contributed by atoms with Crippen LogP contribution in [0.1, 0.15) is 36.1 Å². The molecule has 1 aliphatic heterocycles. The lowest BCUT2D eigenvalue weighted by atomic mass is 9.68. The molecule has 0 saturated carbocycles. The number of carboxylic acid groups (broad SMARTS) is 1. The summed E-state index contributed by atoms with van der Waals surface area (Å²) in [6.45, 7) is 1.62. The summed E-state index contributed by atoms with van der Waals surface area (Å²) >= 11 is 0. The number of carboxylic acids is 1. The third kappa shape index (κ3) is 4.75. The van der Waals surface area contributed by atoms with Crippen LogP contribution in [0.4, 0.5) is 4.79 Å². The zero-order valence-electron chi connectivity index (χ0n) is 19.7. The Morgan fingerprint density at radius 2 is 1.51 bits per heavy atom. The molecule has 0 spiro atoms. The van der Waals surface area contributed by atoms with Crippen LogP contribution in [0, 0.1) is 5.41 Å². The standard InChI is InChI=1S/C28H28N2O5/c1-28(18-17-19-13-15-22(35-2)16-14-19)24(25(31)32)30(26(28)33)27(34)29-23(20-9-5-3-6-10-20)21-11-7-4-8-12-21/h3-16,23-24H,17-18H2,1-2H3,(H,29,34)(H,31,32)/t24-,28-/m1/s1. The minimum absolute atomic E-state index is 0.305. The number of nitrogens with zero attached hydrogens (tertiary/aromatic N) is 1. The van der Waals surface area contributed by atoms with E-state index in [0.29, 0.717) is 12.8 Å². The summed E-state index contributed by atoms with van der Waals surface area (Å²) in [7, 11) is 1.58. The van der Waals surface area contributed by atoms with E-state index in [0.717, 1.165) is 27.3 Å². The molecule has 3 amide bonds. The van der Waals surface area contributed by atoms with Gasteiger partial charge in [0.05, 0.1) is 18.6 Å². The lowest BCUT2D eigenvalue weighted by molar-refractivity contribution is -0.177. The zero-order chi connectivity index (χ0) is 25.0. The van der Waals surface area contributed by atoms with Gasteiger partial charge in [-0.2, -0.15) is 0 Å². The topological polar surface area (TPSA) is 95.9 Å². The van der Waals surface area contributed by atoms with Crippen molar-refractivity contribution in [2.24, 2.45) is 5.41 Å². The van der Waals surface area contributed by atoms with Crippen molar-refractivity contribution < 1.29 is 24.2 Å².